The Morgan fingerprint density at radius 1 is 1.05 bits per heavy atom. The monoisotopic (exact) mass is 291 g/mol. The van der Waals surface area contributed by atoms with Crippen LogP contribution in [0.5, 0.6) is 0 Å². The van der Waals surface area contributed by atoms with E-state index in [2.05, 4.69) is 55.5 Å². The van der Waals surface area contributed by atoms with Crippen molar-refractivity contribution in [1.29, 1.82) is 5.26 Å². The lowest BCUT2D eigenvalue weighted by Crippen LogP contribution is -1.90. The second kappa shape index (κ2) is 6.11. The molecule has 104 valence electrons. The van der Waals surface area contributed by atoms with Crippen molar-refractivity contribution in [3.05, 3.63) is 70.1 Å². The number of nitrogens with zero attached hydrogens (tertiary/aromatic N) is 1. The molecule has 3 rings (SSSR count). The Morgan fingerprint density at radius 3 is 2.57 bits per heavy atom. The molecule has 0 unspecified atom stereocenters. The van der Waals surface area contributed by atoms with Gasteiger partial charge in [-0.3, -0.25) is 0 Å². The van der Waals surface area contributed by atoms with Gasteiger partial charge in [0.05, 0.1) is 12.5 Å². The summed E-state index contributed by atoms with van der Waals surface area (Å²) in [6.45, 7) is 2.17. The molecule has 21 heavy (non-hydrogen) atoms. The molecule has 0 atom stereocenters. The Balaban J connectivity index is 2.09. The lowest BCUT2D eigenvalue weighted by molar-refractivity contribution is 1.14. The highest BCUT2D eigenvalue weighted by Crippen LogP contribution is 2.34. The van der Waals surface area contributed by atoms with Crippen LogP contribution in [0.25, 0.3) is 10.1 Å². The second-order valence-corrected chi connectivity index (χ2v) is 6.32. The van der Waals surface area contributed by atoms with Gasteiger partial charge >= 0.3 is 0 Å². The molecule has 1 heterocycles. The van der Waals surface area contributed by atoms with Crippen LogP contribution >= 0.6 is 11.3 Å². The molecule has 0 saturated heterocycles. The van der Waals surface area contributed by atoms with Gasteiger partial charge in [0.25, 0.3) is 0 Å². The average molecular weight is 291 g/mol. The van der Waals surface area contributed by atoms with E-state index in [-0.39, 0.29) is 0 Å². The van der Waals surface area contributed by atoms with E-state index in [1.54, 1.807) is 0 Å². The normalized spacial score (nSPS) is 10.7. The Morgan fingerprint density at radius 2 is 1.86 bits per heavy atom. The van der Waals surface area contributed by atoms with Crippen LogP contribution in [-0.4, -0.2) is 0 Å². The third kappa shape index (κ3) is 2.84. The second-order valence-electron chi connectivity index (χ2n) is 5.19. The Hall–Kier alpha value is -2.11. The summed E-state index contributed by atoms with van der Waals surface area (Å²) in [6.07, 6.45) is 2.44. The molecule has 0 radical (unpaired) electrons. The van der Waals surface area contributed by atoms with E-state index in [0.717, 1.165) is 12.8 Å². The minimum Gasteiger partial charge on any atom is -0.198 e. The number of fused-ring (bicyclic) bond motifs is 1. The minimum absolute atomic E-state index is 0.495. The van der Waals surface area contributed by atoms with Crippen LogP contribution in [0, 0.1) is 11.3 Å². The van der Waals surface area contributed by atoms with E-state index in [9.17, 15) is 0 Å². The molecule has 0 spiro atoms. The fraction of sp³-hybridized carbons (Fsp3) is 0.211. The van der Waals surface area contributed by atoms with Crippen molar-refractivity contribution in [2.24, 2.45) is 0 Å². The zero-order chi connectivity index (χ0) is 14.7. The van der Waals surface area contributed by atoms with E-state index < -0.39 is 0 Å². The summed E-state index contributed by atoms with van der Waals surface area (Å²) in [4.78, 5) is 1.33. The van der Waals surface area contributed by atoms with Gasteiger partial charge in [0, 0.05) is 16.0 Å². The molecule has 1 nitrogen and oxygen atoms in total. The van der Waals surface area contributed by atoms with Crippen molar-refractivity contribution in [2.75, 3.05) is 0 Å². The van der Waals surface area contributed by atoms with Gasteiger partial charge in [0.15, 0.2) is 0 Å². The zero-order valence-electron chi connectivity index (χ0n) is 12.1. The summed E-state index contributed by atoms with van der Waals surface area (Å²) in [6, 6.07) is 19.5. The smallest absolute Gasteiger partial charge is 0.0670 e. The number of benzene rings is 2. The van der Waals surface area contributed by atoms with Gasteiger partial charge in [-0.1, -0.05) is 43.3 Å². The molecule has 0 aliphatic heterocycles. The third-order valence-electron chi connectivity index (χ3n) is 3.81. The maximum Gasteiger partial charge on any atom is 0.0670 e. The van der Waals surface area contributed by atoms with Crippen molar-refractivity contribution in [3.63, 3.8) is 0 Å². The van der Waals surface area contributed by atoms with E-state index in [4.69, 9.17) is 5.26 Å². The zero-order valence-corrected chi connectivity index (χ0v) is 12.9. The highest BCUT2D eigenvalue weighted by Gasteiger charge is 2.12. The van der Waals surface area contributed by atoms with Crippen LogP contribution in [-0.2, 0) is 19.3 Å². The van der Waals surface area contributed by atoms with Crippen molar-refractivity contribution in [2.45, 2.75) is 26.2 Å². The van der Waals surface area contributed by atoms with Crippen molar-refractivity contribution >= 4 is 21.4 Å². The third-order valence-corrected chi connectivity index (χ3v) is 5.02. The Bertz CT molecular complexity index is 794. The summed E-state index contributed by atoms with van der Waals surface area (Å²) in [7, 11) is 0. The number of nitriles is 1. The SMILES string of the molecule is CCc1ccc2sc(Cc3ccccc3)c(CC#N)c2c1. The first-order chi connectivity index (χ1) is 10.3. The first-order valence-electron chi connectivity index (χ1n) is 7.26. The highest BCUT2D eigenvalue weighted by molar-refractivity contribution is 7.19. The van der Waals surface area contributed by atoms with Crippen LogP contribution in [0.1, 0.15) is 28.5 Å². The van der Waals surface area contributed by atoms with Crippen molar-refractivity contribution < 1.29 is 0 Å². The van der Waals surface area contributed by atoms with E-state index in [1.165, 1.54) is 31.7 Å². The number of aryl methyl sites for hydroxylation is 1. The first kappa shape index (κ1) is 13.9. The molecule has 0 bridgehead atoms. The molecule has 2 heteroatoms. The van der Waals surface area contributed by atoms with Gasteiger partial charge in [-0.15, -0.1) is 11.3 Å². The van der Waals surface area contributed by atoms with E-state index >= 15 is 0 Å². The summed E-state index contributed by atoms with van der Waals surface area (Å²) in [5.41, 5.74) is 3.86. The van der Waals surface area contributed by atoms with Crippen molar-refractivity contribution in [1.82, 2.24) is 0 Å². The molecule has 0 N–H and O–H groups in total. The number of thiophene rings is 1. The van der Waals surface area contributed by atoms with Gasteiger partial charge in [0.2, 0.25) is 0 Å². The molecule has 0 aliphatic rings. The lowest BCUT2D eigenvalue weighted by atomic mass is 10.0. The topological polar surface area (TPSA) is 23.8 Å². The molecule has 0 saturated carbocycles. The Kier molecular flexibility index (Phi) is 4.03. The van der Waals surface area contributed by atoms with Crippen molar-refractivity contribution in [3.8, 4) is 6.07 Å². The number of hydrogen-bond acceptors (Lipinski definition) is 2. The fourth-order valence-corrected chi connectivity index (χ4v) is 3.90. The lowest BCUT2D eigenvalue weighted by Gasteiger charge is -2.02. The summed E-state index contributed by atoms with van der Waals surface area (Å²) in [5.74, 6) is 0. The maximum atomic E-state index is 9.17. The number of rotatable bonds is 4. The minimum atomic E-state index is 0.495. The Labute approximate surface area is 129 Å². The summed E-state index contributed by atoms with van der Waals surface area (Å²) in [5, 5.41) is 10.4. The molecule has 0 amide bonds. The van der Waals surface area contributed by atoms with Crippen LogP contribution < -0.4 is 0 Å². The highest BCUT2D eigenvalue weighted by atomic mass is 32.1. The molecule has 2 aromatic carbocycles. The first-order valence-corrected chi connectivity index (χ1v) is 8.07. The standard InChI is InChI=1S/C19H17NS/c1-2-14-8-9-18-17(12-14)16(10-11-20)19(21-18)13-15-6-4-3-5-7-15/h3-9,12H,2,10,13H2,1H3. The predicted octanol–water partition coefficient (Wildman–Crippen LogP) is 5.12. The fourth-order valence-electron chi connectivity index (χ4n) is 2.66. The molecular formula is C19H17NS. The van der Waals surface area contributed by atoms with Gasteiger partial charge < -0.3 is 0 Å². The molecule has 3 aromatic rings. The number of hydrogen-bond donors (Lipinski definition) is 0. The van der Waals surface area contributed by atoms with Crippen LogP contribution in [0.15, 0.2) is 48.5 Å². The summed E-state index contributed by atoms with van der Waals surface area (Å²) < 4.78 is 1.29. The quantitative estimate of drug-likeness (QED) is 0.654. The van der Waals surface area contributed by atoms with Gasteiger partial charge in [-0.05, 0) is 40.6 Å². The van der Waals surface area contributed by atoms with Gasteiger partial charge in [-0.2, -0.15) is 5.26 Å². The predicted molar refractivity (Wildman–Crippen MR) is 89.8 cm³/mol. The maximum absolute atomic E-state index is 9.17. The van der Waals surface area contributed by atoms with Gasteiger partial charge in [0.1, 0.15) is 0 Å². The molecule has 1 aromatic heterocycles. The largest absolute Gasteiger partial charge is 0.198 e. The van der Waals surface area contributed by atoms with Crippen LogP contribution in [0.3, 0.4) is 0 Å². The van der Waals surface area contributed by atoms with Crippen LogP contribution in [0.4, 0.5) is 0 Å². The molecule has 0 aliphatic carbocycles. The average Bonchev–Trinajstić information content (AvgIpc) is 2.85. The van der Waals surface area contributed by atoms with E-state index in [1.807, 2.05) is 17.4 Å². The summed E-state index contributed by atoms with van der Waals surface area (Å²) >= 11 is 1.83. The van der Waals surface area contributed by atoms with E-state index in [0.29, 0.717) is 6.42 Å². The van der Waals surface area contributed by atoms with Gasteiger partial charge in [-0.25, -0.2) is 0 Å². The van der Waals surface area contributed by atoms with Crippen LogP contribution in [0.2, 0.25) is 0 Å². The molecular weight excluding hydrogens is 274 g/mol. The molecule has 0 fully saturated rings.